The van der Waals surface area contributed by atoms with Crippen LogP contribution in [0.1, 0.15) is 52.3 Å². The fourth-order valence-electron chi connectivity index (χ4n) is 2.23. The van der Waals surface area contributed by atoms with Gasteiger partial charge >= 0.3 is 7.12 Å². The highest BCUT2D eigenvalue weighted by molar-refractivity contribution is 6.62. The van der Waals surface area contributed by atoms with Crippen molar-refractivity contribution in [2.45, 2.75) is 65.6 Å². The number of aryl methyl sites for hydroxylation is 2. The molecular formula is C15H24BNO2. The van der Waals surface area contributed by atoms with Gasteiger partial charge in [0.05, 0.1) is 11.2 Å². The van der Waals surface area contributed by atoms with Gasteiger partial charge in [0.15, 0.2) is 0 Å². The molecule has 1 saturated heterocycles. The third kappa shape index (κ3) is 2.70. The fourth-order valence-corrected chi connectivity index (χ4v) is 2.23. The molecule has 0 amide bonds. The summed E-state index contributed by atoms with van der Waals surface area (Å²) in [6.07, 6.45) is 4.11. The highest BCUT2D eigenvalue weighted by Gasteiger charge is 2.52. The molecule has 1 fully saturated rings. The van der Waals surface area contributed by atoms with Crippen molar-refractivity contribution in [1.82, 2.24) is 4.98 Å². The van der Waals surface area contributed by atoms with Crippen LogP contribution in [-0.2, 0) is 15.7 Å². The number of pyridine rings is 1. The van der Waals surface area contributed by atoms with E-state index >= 15 is 0 Å². The van der Waals surface area contributed by atoms with Crippen LogP contribution in [0.3, 0.4) is 0 Å². The van der Waals surface area contributed by atoms with Crippen LogP contribution < -0.4 is 5.46 Å². The Morgan fingerprint density at radius 3 is 2.26 bits per heavy atom. The quantitative estimate of drug-likeness (QED) is 0.784. The van der Waals surface area contributed by atoms with Crippen molar-refractivity contribution < 1.29 is 9.31 Å². The monoisotopic (exact) mass is 261 g/mol. The van der Waals surface area contributed by atoms with Crippen molar-refractivity contribution in [3.63, 3.8) is 0 Å². The number of hydrogen-bond acceptors (Lipinski definition) is 3. The zero-order valence-corrected chi connectivity index (χ0v) is 12.9. The normalized spacial score (nSPS) is 20.8. The van der Waals surface area contributed by atoms with Crippen LogP contribution >= 0.6 is 0 Å². The van der Waals surface area contributed by atoms with Gasteiger partial charge in [0.2, 0.25) is 0 Å². The molecule has 3 nitrogen and oxygen atoms in total. The molecule has 0 unspecified atom stereocenters. The number of nitrogens with zero attached hydrogens (tertiary/aromatic N) is 1. The number of hydrogen-bond donors (Lipinski definition) is 0. The maximum atomic E-state index is 6.10. The van der Waals surface area contributed by atoms with Gasteiger partial charge in [-0.2, -0.15) is 0 Å². The summed E-state index contributed by atoms with van der Waals surface area (Å²) in [6, 6.07) is 2.17. The van der Waals surface area contributed by atoms with E-state index in [9.17, 15) is 0 Å². The first kappa shape index (κ1) is 14.5. The first-order valence-electron chi connectivity index (χ1n) is 7.08. The summed E-state index contributed by atoms with van der Waals surface area (Å²) >= 11 is 0. The molecule has 0 aromatic carbocycles. The minimum atomic E-state index is -0.311. The van der Waals surface area contributed by atoms with Gasteiger partial charge < -0.3 is 9.31 Å². The molecule has 4 heteroatoms. The van der Waals surface area contributed by atoms with Gasteiger partial charge in [-0.25, -0.2) is 0 Å². The van der Waals surface area contributed by atoms with Crippen LogP contribution in [0.5, 0.6) is 0 Å². The lowest BCUT2D eigenvalue weighted by atomic mass is 9.77. The van der Waals surface area contributed by atoms with Crippen molar-refractivity contribution >= 4 is 12.6 Å². The molecule has 104 valence electrons. The summed E-state index contributed by atoms with van der Waals surface area (Å²) in [5.41, 5.74) is 2.69. The third-order valence-electron chi connectivity index (χ3n) is 4.23. The molecule has 0 atom stereocenters. The second kappa shape index (κ2) is 4.91. The van der Waals surface area contributed by atoms with Gasteiger partial charge in [0.1, 0.15) is 0 Å². The largest absolute Gasteiger partial charge is 0.496 e. The molecule has 0 saturated carbocycles. The molecule has 19 heavy (non-hydrogen) atoms. The highest BCUT2D eigenvalue weighted by Crippen LogP contribution is 2.36. The molecule has 0 N–H and O–H groups in total. The molecule has 1 aromatic rings. The van der Waals surface area contributed by atoms with Crippen molar-refractivity contribution in [3.05, 3.63) is 23.5 Å². The first-order chi connectivity index (χ1) is 8.77. The molecule has 0 aliphatic carbocycles. The van der Waals surface area contributed by atoms with E-state index in [1.807, 2.05) is 13.1 Å². The Morgan fingerprint density at radius 1 is 1.16 bits per heavy atom. The summed E-state index contributed by atoms with van der Waals surface area (Å²) in [4.78, 5) is 4.48. The van der Waals surface area contributed by atoms with Gasteiger partial charge in [-0.3, -0.25) is 4.98 Å². The van der Waals surface area contributed by atoms with Gasteiger partial charge in [-0.1, -0.05) is 19.4 Å². The van der Waals surface area contributed by atoms with Crippen LogP contribution in [0.2, 0.25) is 0 Å². The van der Waals surface area contributed by atoms with Crippen LogP contribution in [-0.4, -0.2) is 23.3 Å². The average molecular weight is 261 g/mol. The smallest absolute Gasteiger partial charge is 0.399 e. The van der Waals surface area contributed by atoms with Crippen LogP contribution in [0.4, 0.5) is 0 Å². The number of rotatable bonds is 3. The van der Waals surface area contributed by atoms with Gasteiger partial charge in [-0.05, 0) is 46.6 Å². The van der Waals surface area contributed by atoms with E-state index in [4.69, 9.17) is 9.31 Å². The Bertz CT molecular complexity index is 455. The lowest BCUT2D eigenvalue weighted by Crippen LogP contribution is -2.41. The lowest BCUT2D eigenvalue weighted by molar-refractivity contribution is 0.00578. The molecule has 2 heterocycles. The Morgan fingerprint density at radius 2 is 1.74 bits per heavy atom. The van der Waals surface area contributed by atoms with E-state index in [2.05, 4.69) is 45.7 Å². The SMILES string of the molecule is CCCc1cnc(C)c(B2OC(C)(C)C(C)(C)O2)c1. The van der Waals surface area contributed by atoms with E-state index in [1.165, 1.54) is 5.56 Å². The maximum absolute atomic E-state index is 6.10. The minimum Gasteiger partial charge on any atom is -0.399 e. The Labute approximate surface area is 116 Å². The maximum Gasteiger partial charge on any atom is 0.496 e. The second-order valence-electron chi connectivity index (χ2n) is 6.36. The molecule has 0 bridgehead atoms. The van der Waals surface area contributed by atoms with Gasteiger partial charge in [0.25, 0.3) is 0 Å². The lowest BCUT2D eigenvalue weighted by Gasteiger charge is -2.32. The standard InChI is InChI=1S/C15H24BNO2/c1-7-8-12-9-13(11(2)17-10-12)16-18-14(3,4)15(5,6)19-16/h9-10H,7-8H2,1-6H3. The summed E-state index contributed by atoms with van der Waals surface area (Å²) in [5.74, 6) is 0. The van der Waals surface area contributed by atoms with E-state index in [1.54, 1.807) is 0 Å². The minimum absolute atomic E-state index is 0.301. The Balaban J connectivity index is 2.31. The van der Waals surface area contributed by atoms with Crippen molar-refractivity contribution in [2.75, 3.05) is 0 Å². The van der Waals surface area contributed by atoms with Crippen molar-refractivity contribution in [1.29, 1.82) is 0 Å². The summed E-state index contributed by atoms with van der Waals surface area (Å²) in [5, 5.41) is 0. The Hall–Kier alpha value is -0.865. The van der Waals surface area contributed by atoms with Crippen LogP contribution in [0, 0.1) is 6.92 Å². The third-order valence-corrected chi connectivity index (χ3v) is 4.23. The fraction of sp³-hybridized carbons (Fsp3) is 0.667. The van der Waals surface area contributed by atoms with Crippen LogP contribution in [0.25, 0.3) is 0 Å². The van der Waals surface area contributed by atoms with Gasteiger partial charge in [-0.15, -0.1) is 0 Å². The van der Waals surface area contributed by atoms with E-state index in [0.717, 1.165) is 24.0 Å². The summed E-state index contributed by atoms with van der Waals surface area (Å²) < 4.78 is 12.2. The van der Waals surface area contributed by atoms with Crippen molar-refractivity contribution in [2.24, 2.45) is 0 Å². The molecule has 1 aliphatic rings. The predicted octanol–water partition coefficient (Wildman–Crippen LogP) is 2.64. The average Bonchev–Trinajstić information content (AvgIpc) is 2.51. The van der Waals surface area contributed by atoms with Crippen LogP contribution in [0.15, 0.2) is 12.3 Å². The molecule has 1 aromatic heterocycles. The van der Waals surface area contributed by atoms with E-state index < -0.39 is 0 Å². The second-order valence-corrected chi connectivity index (χ2v) is 6.36. The summed E-state index contributed by atoms with van der Waals surface area (Å²) in [6.45, 7) is 12.5. The molecular weight excluding hydrogens is 237 g/mol. The predicted molar refractivity (Wildman–Crippen MR) is 78.7 cm³/mol. The number of aromatic nitrogens is 1. The Kier molecular flexibility index (Phi) is 3.76. The van der Waals surface area contributed by atoms with Crippen molar-refractivity contribution in [3.8, 4) is 0 Å². The topological polar surface area (TPSA) is 31.4 Å². The summed E-state index contributed by atoms with van der Waals surface area (Å²) in [7, 11) is -0.311. The zero-order chi connectivity index (χ0) is 14.3. The van der Waals surface area contributed by atoms with E-state index in [0.29, 0.717) is 0 Å². The molecule has 2 rings (SSSR count). The molecule has 0 radical (unpaired) electrons. The first-order valence-corrected chi connectivity index (χ1v) is 7.08. The highest BCUT2D eigenvalue weighted by atomic mass is 16.7. The molecule has 0 spiro atoms. The van der Waals surface area contributed by atoms with E-state index in [-0.39, 0.29) is 18.3 Å². The zero-order valence-electron chi connectivity index (χ0n) is 12.9. The molecule has 1 aliphatic heterocycles. The van der Waals surface area contributed by atoms with Gasteiger partial charge in [0, 0.05) is 17.4 Å².